The zero-order valence-corrected chi connectivity index (χ0v) is 8.77. The monoisotopic (exact) mass is 223 g/mol. The Kier molecular flexibility index (Phi) is 1.89. The van der Waals surface area contributed by atoms with Crippen molar-refractivity contribution in [3.05, 3.63) is 53.1 Å². The van der Waals surface area contributed by atoms with Crippen molar-refractivity contribution in [1.29, 1.82) is 0 Å². The second-order valence-corrected chi connectivity index (χ2v) is 3.93. The summed E-state index contributed by atoms with van der Waals surface area (Å²) >= 11 is 0. The molecule has 1 aliphatic carbocycles. The predicted octanol–water partition coefficient (Wildman–Crippen LogP) is 1.17. The highest BCUT2D eigenvalue weighted by Crippen LogP contribution is 2.30. The predicted molar refractivity (Wildman–Crippen MR) is 61.3 cm³/mol. The number of hydrogen-bond acceptors (Lipinski definition) is 3. The van der Waals surface area contributed by atoms with Crippen molar-refractivity contribution in [3.63, 3.8) is 0 Å². The first-order chi connectivity index (χ1) is 8.18. The van der Waals surface area contributed by atoms with E-state index in [1.807, 2.05) is 18.2 Å². The summed E-state index contributed by atoms with van der Waals surface area (Å²) in [6, 6.07) is 10.8. The Hall–Kier alpha value is -2.42. The van der Waals surface area contributed by atoms with E-state index in [1.54, 1.807) is 18.2 Å². The van der Waals surface area contributed by atoms with Crippen molar-refractivity contribution in [1.82, 2.24) is 0 Å². The first-order valence-corrected chi connectivity index (χ1v) is 5.18. The SMILES string of the molecule is O=C([O-])C1=Cc2cccc3cccc(c23)C1=O. The molecule has 2 aromatic carbocycles. The number of carboxylic acid groups (broad SMARTS) is 1. The Morgan fingerprint density at radius 1 is 1.06 bits per heavy atom. The minimum Gasteiger partial charge on any atom is -0.545 e. The highest BCUT2D eigenvalue weighted by Gasteiger charge is 2.21. The number of carbonyl (C=O) groups excluding carboxylic acids is 2. The van der Waals surface area contributed by atoms with E-state index in [-0.39, 0.29) is 5.57 Å². The van der Waals surface area contributed by atoms with E-state index in [9.17, 15) is 14.7 Å². The molecular weight excluding hydrogens is 216 g/mol. The maximum atomic E-state index is 12.0. The third-order valence-electron chi connectivity index (χ3n) is 2.95. The summed E-state index contributed by atoms with van der Waals surface area (Å²) in [5.41, 5.74) is 0.896. The van der Waals surface area contributed by atoms with Gasteiger partial charge in [0.2, 0.25) is 0 Å². The minimum absolute atomic E-state index is 0.281. The van der Waals surface area contributed by atoms with Crippen LogP contribution in [0.2, 0.25) is 0 Å². The lowest BCUT2D eigenvalue weighted by molar-refractivity contribution is -0.298. The Labute approximate surface area is 97.0 Å². The summed E-state index contributed by atoms with van der Waals surface area (Å²) in [4.78, 5) is 22.8. The second kappa shape index (κ2) is 3.28. The molecule has 0 heterocycles. The van der Waals surface area contributed by atoms with E-state index in [4.69, 9.17) is 0 Å². The Bertz CT molecular complexity index is 690. The van der Waals surface area contributed by atoms with E-state index in [0.717, 1.165) is 16.3 Å². The number of ketones is 1. The third kappa shape index (κ3) is 1.29. The summed E-state index contributed by atoms with van der Waals surface area (Å²) in [7, 11) is 0. The minimum atomic E-state index is -1.43. The summed E-state index contributed by atoms with van der Waals surface area (Å²) in [5.74, 6) is -1.91. The molecule has 3 nitrogen and oxygen atoms in total. The van der Waals surface area contributed by atoms with Gasteiger partial charge in [-0.1, -0.05) is 36.4 Å². The molecule has 0 saturated heterocycles. The van der Waals surface area contributed by atoms with Crippen LogP contribution in [0.5, 0.6) is 0 Å². The fourth-order valence-electron chi connectivity index (χ4n) is 2.20. The fourth-order valence-corrected chi connectivity index (χ4v) is 2.20. The van der Waals surface area contributed by atoms with Gasteiger partial charge in [0.25, 0.3) is 0 Å². The van der Waals surface area contributed by atoms with Gasteiger partial charge < -0.3 is 9.90 Å². The lowest BCUT2D eigenvalue weighted by atomic mass is 9.88. The molecular formula is C14H7O3-. The van der Waals surface area contributed by atoms with Crippen molar-refractivity contribution in [2.45, 2.75) is 0 Å². The molecule has 0 atom stereocenters. The van der Waals surface area contributed by atoms with Crippen molar-refractivity contribution in [2.75, 3.05) is 0 Å². The highest BCUT2D eigenvalue weighted by atomic mass is 16.4. The van der Waals surface area contributed by atoms with Gasteiger partial charge in [0.1, 0.15) is 0 Å². The quantitative estimate of drug-likeness (QED) is 0.682. The average Bonchev–Trinajstić information content (AvgIpc) is 2.33. The van der Waals surface area contributed by atoms with Crippen LogP contribution in [0.1, 0.15) is 15.9 Å². The number of carboxylic acids is 1. The molecule has 3 heteroatoms. The van der Waals surface area contributed by atoms with E-state index < -0.39 is 11.8 Å². The number of hydrogen-bond donors (Lipinski definition) is 0. The Morgan fingerprint density at radius 3 is 2.47 bits per heavy atom. The molecule has 17 heavy (non-hydrogen) atoms. The second-order valence-electron chi connectivity index (χ2n) is 3.93. The lowest BCUT2D eigenvalue weighted by Crippen LogP contribution is -2.29. The zero-order valence-electron chi connectivity index (χ0n) is 8.77. The van der Waals surface area contributed by atoms with Crippen LogP contribution in [0, 0.1) is 0 Å². The van der Waals surface area contributed by atoms with Crippen molar-refractivity contribution in [2.24, 2.45) is 0 Å². The average molecular weight is 223 g/mol. The van der Waals surface area contributed by atoms with Gasteiger partial charge in [-0.3, -0.25) is 4.79 Å². The Morgan fingerprint density at radius 2 is 1.76 bits per heavy atom. The van der Waals surface area contributed by atoms with Crippen LogP contribution in [0.25, 0.3) is 16.8 Å². The topological polar surface area (TPSA) is 57.2 Å². The van der Waals surface area contributed by atoms with Crippen LogP contribution >= 0.6 is 0 Å². The number of benzene rings is 2. The summed E-state index contributed by atoms with van der Waals surface area (Å²) in [5, 5.41) is 12.6. The molecule has 0 aliphatic heterocycles. The fraction of sp³-hybridized carbons (Fsp3) is 0. The van der Waals surface area contributed by atoms with Gasteiger partial charge in [0.05, 0.1) is 5.97 Å². The molecule has 0 saturated carbocycles. The molecule has 0 fully saturated rings. The standard InChI is InChI=1S/C14H8O3/c15-13-10-6-2-4-8-3-1-5-9(12(8)10)7-11(13)14(16)17/h1-7H,(H,16,17)/p-1. The summed E-state index contributed by atoms with van der Waals surface area (Å²) in [6.45, 7) is 0. The van der Waals surface area contributed by atoms with Crippen LogP contribution in [-0.4, -0.2) is 11.8 Å². The molecule has 82 valence electrons. The van der Waals surface area contributed by atoms with Gasteiger partial charge in [-0.25, -0.2) is 0 Å². The van der Waals surface area contributed by atoms with Crippen molar-refractivity contribution >= 4 is 28.6 Å². The van der Waals surface area contributed by atoms with E-state index in [1.165, 1.54) is 6.08 Å². The molecule has 3 rings (SSSR count). The molecule has 0 N–H and O–H groups in total. The molecule has 0 unspecified atom stereocenters. The molecule has 2 aromatic rings. The van der Waals surface area contributed by atoms with Gasteiger partial charge in [-0.2, -0.15) is 0 Å². The van der Waals surface area contributed by atoms with Crippen LogP contribution in [0.4, 0.5) is 0 Å². The summed E-state index contributed by atoms with van der Waals surface area (Å²) < 4.78 is 0. The first-order valence-electron chi connectivity index (χ1n) is 5.18. The van der Waals surface area contributed by atoms with Crippen LogP contribution < -0.4 is 5.11 Å². The van der Waals surface area contributed by atoms with E-state index in [0.29, 0.717) is 5.56 Å². The smallest absolute Gasteiger partial charge is 0.195 e. The van der Waals surface area contributed by atoms with Gasteiger partial charge in [0, 0.05) is 16.5 Å². The zero-order chi connectivity index (χ0) is 12.0. The van der Waals surface area contributed by atoms with E-state index >= 15 is 0 Å². The number of rotatable bonds is 1. The van der Waals surface area contributed by atoms with Crippen molar-refractivity contribution in [3.8, 4) is 0 Å². The first kappa shape index (κ1) is 9.78. The van der Waals surface area contributed by atoms with Gasteiger partial charge in [0.15, 0.2) is 5.78 Å². The molecule has 0 aromatic heterocycles. The number of Topliss-reactive ketones (excluding diaryl/α,β-unsaturated/α-hetero) is 1. The highest BCUT2D eigenvalue weighted by molar-refractivity contribution is 6.32. The maximum absolute atomic E-state index is 12.0. The lowest BCUT2D eigenvalue weighted by Gasteiger charge is -2.17. The number of carbonyl (C=O) groups is 2. The normalized spacial score (nSPS) is 13.6. The van der Waals surface area contributed by atoms with Crippen LogP contribution in [0.3, 0.4) is 0 Å². The Balaban J connectivity index is 2.45. The van der Waals surface area contributed by atoms with Gasteiger partial charge >= 0.3 is 0 Å². The summed E-state index contributed by atoms with van der Waals surface area (Å²) in [6.07, 6.45) is 1.38. The maximum Gasteiger partial charge on any atom is 0.195 e. The van der Waals surface area contributed by atoms with Crippen LogP contribution in [0.15, 0.2) is 42.0 Å². The molecule has 1 aliphatic rings. The largest absolute Gasteiger partial charge is 0.545 e. The van der Waals surface area contributed by atoms with Gasteiger partial charge in [-0.05, 0) is 17.0 Å². The molecule has 0 amide bonds. The van der Waals surface area contributed by atoms with Crippen molar-refractivity contribution < 1.29 is 14.7 Å². The van der Waals surface area contributed by atoms with Crippen LogP contribution in [-0.2, 0) is 4.79 Å². The number of aliphatic carboxylic acids is 1. The third-order valence-corrected chi connectivity index (χ3v) is 2.95. The molecule has 0 spiro atoms. The van der Waals surface area contributed by atoms with Gasteiger partial charge in [-0.15, -0.1) is 0 Å². The molecule has 0 radical (unpaired) electrons. The molecule has 0 bridgehead atoms. The van der Waals surface area contributed by atoms with E-state index in [2.05, 4.69) is 0 Å².